The van der Waals surface area contributed by atoms with Gasteiger partial charge in [-0.05, 0) is 36.2 Å². The zero-order valence-corrected chi connectivity index (χ0v) is 17.3. The predicted molar refractivity (Wildman–Crippen MR) is 115 cm³/mol. The molecule has 1 saturated carbocycles. The smallest absolute Gasteiger partial charge is 0.382 e. The van der Waals surface area contributed by atoms with Crippen LogP contribution in [0.25, 0.3) is 23.0 Å². The van der Waals surface area contributed by atoms with Gasteiger partial charge in [-0.15, -0.1) is 0 Å². The van der Waals surface area contributed by atoms with Crippen LogP contribution >= 0.6 is 0 Å². The van der Waals surface area contributed by atoms with Gasteiger partial charge in [-0.25, -0.2) is 9.37 Å². The van der Waals surface area contributed by atoms with Crippen LogP contribution in [0.5, 0.6) is 0 Å². The molecule has 1 aliphatic rings. The van der Waals surface area contributed by atoms with Gasteiger partial charge < -0.3 is 10.6 Å². The maximum Gasteiger partial charge on any atom is 0.390 e. The minimum atomic E-state index is -4.25. The first kappa shape index (κ1) is 21.9. The summed E-state index contributed by atoms with van der Waals surface area (Å²) in [4.78, 5) is 16.8. The number of pyridine rings is 1. The third kappa shape index (κ3) is 4.61. The molecule has 2 atom stereocenters. The maximum absolute atomic E-state index is 13.1. The van der Waals surface area contributed by atoms with Crippen LogP contribution in [0.1, 0.15) is 34.3 Å². The van der Waals surface area contributed by atoms with Gasteiger partial charge in [0.25, 0.3) is 5.91 Å². The second kappa shape index (κ2) is 8.29. The number of aromatic nitrogens is 2. The number of aryl methyl sites for hydroxylation is 1. The van der Waals surface area contributed by atoms with Gasteiger partial charge in [0.1, 0.15) is 6.17 Å². The summed E-state index contributed by atoms with van der Waals surface area (Å²) in [6.07, 6.45) is -0.820. The molecule has 168 valence electrons. The van der Waals surface area contributed by atoms with Crippen LogP contribution in [0.4, 0.5) is 23.2 Å². The summed E-state index contributed by atoms with van der Waals surface area (Å²) in [5.41, 5.74) is 4.33. The Hall–Kier alpha value is -3.36. The van der Waals surface area contributed by atoms with Crippen molar-refractivity contribution in [1.29, 1.82) is 0 Å². The quantitative estimate of drug-likeness (QED) is 0.493. The number of nitrogens with one attached hydrogen (secondary N) is 2. The number of nitrogens with zero attached hydrogens (tertiary/aromatic N) is 2. The van der Waals surface area contributed by atoms with E-state index in [-0.39, 0.29) is 12.5 Å². The number of carbonyl (C=O) groups is 1. The summed E-state index contributed by atoms with van der Waals surface area (Å²) >= 11 is 0. The Kier molecular flexibility index (Phi) is 5.66. The number of halogens is 4. The summed E-state index contributed by atoms with van der Waals surface area (Å²) in [5, 5.41) is 5.48. The molecule has 0 radical (unpaired) electrons. The molecule has 1 aliphatic carbocycles. The van der Waals surface area contributed by atoms with Crippen molar-refractivity contribution in [2.24, 2.45) is 0 Å². The van der Waals surface area contributed by atoms with Gasteiger partial charge in [-0.3, -0.25) is 9.20 Å². The number of rotatable bonds is 7. The summed E-state index contributed by atoms with van der Waals surface area (Å²) in [7, 11) is 0. The molecule has 2 aromatic heterocycles. The van der Waals surface area contributed by atoms with Gasteiger partial charge in [0, 0.05) is 30.3 Å². The van der Waals surface area contributed by atoms with E-state index in [4.69, 9.17) is 0 Å². The van der Waals surface area contributed by atoms with E-state index < -0.39 is 24.8 Å². The highest BCUT2D eigenvalue weighted by atomic mass is 19.4. The topological polar surface area (TPSA) is 58.4 Å². The van der Waals surface area contributed by atoms with Gasteiger partial charge in [-0.1, -0.05) is 18.7 Å². The van der Waals surface area contributed by atoms with Crippen LogP contribution < -0.4 is 10.6 Å². The Morgan fingerprint density at radius 3 is 2.72 bits per heavy atom. The van der Waals surface area contributed by atoms with Crippen molar-refractivity contribution in [1.82, 2.24) is 14.7 Å². The van der Waals surface area contributed by atoms with E-state index in [2.05, 4.69) is 22.2 Å². The molecule has 5 nitrogen and oxygen atoms in total. The molecule has 1 fully saturated rings. The van der Waals surface area contributed by atoms with Gasteiger partial charge in [0.2, 0.25) is 0 Å². The van der Waals surface area contributed by atoms with Crippen LogP contribution in [0.3, 0.4) is 0 Å². The number of alkyl halides is 4. The average molecular weight is 446 g/mol. The van der Waals surface area contributed by atoms with Crippen molar-refractivity contribution >= 4 is 23.3 Å². The van der Waals surface area contributed by atoms with Crippen LogP contribution in [-0.4, -0.2) is 40.2 Å². The molecule has 0 saturated heterocycles. The van der Waals surface area contributed by atoms with Crippen LogP contribution in [0.15, 0.2) is 43.2 Å². The standard InChI is InChI=1S/C23H22F4N4O/c1-3-14-9-19(28-7-6-23(25,26)27)21-29-11-20(31(21)12-14)15-4-5-16(13(2)8-15)22(32)30-18-10-17(18)24/h3-5,8-9,11-12,17-18,28H,1,6-7,10H2,2H3,(H,30,32)/t17-,18?/m0/s1. The van der Waals surface area contributed by atoms with E-state index in [1.807, 2.05) is 6.07 Å². The van der Waals surface area contributed by atoms with Crippen molar-refractivity contribution in [3.8, 4) is 11.3 Å². The largest absolute Gasteiger partial charge is 0.390 e. The fourth-order valence-corrected chi connectivity index (χ4v) is 3.54. The Balaban J connectivity index is 1.64. The van der Waals surface area contributed by atoms with Gasteiger partial charge in [0.05, 0.1) is 30.0 Å². The van der Waals surface area contributed by atoms with E-state index in [9.17, 15) is 22.4 Å². The SMILES string of the molecule is C=Cc1cc(NCCC(F)(F)F)c2ncc(-c3ccc(C(=O)NC4C[C@@H]4F)c(C)c3)n2c1. The summed E-state index contributed by atoms with van der Waals surface area (Å²) in [6.45, 7) is 5.27. The number of carbonyl (C=O) groups excluding carboxylic acids is 1. The molecule has 1 aromatic carbocycles. The monoisotopic (exact) mass is 446 g/mol. The zero-order chi connectivity index (χ0) is 23.0. The van der Waals surface area contributed by atoms with E-state index in [0.29, 0.717) is 34.6 Å². The molecule has 2 heterocycles. The number of imidazole rings is 1. The summed E-state index contributed by atoms with van der Waals surface area (Å²) in [6, 6.07) is 6.55. The molecule has 1 unspecified atom stereocenters. The Labute approximate surface area is 182 Å². The molecule has 32 heavy (non-hydrogen) atoms. The molecule has 9 heteroatoms. The first-order valence-electron chi connectivity index (χ1n) is 10.2. The Morgan fingerprint density at radius 2 is 2.09 bits per heavy atom. The second-order valence-corrected chi connectivity index (χ2v) is 7.88. The third-order valence-electron chi connectivity index (χ3n) is 5.38. The average Bonchev–Trinajstić information content (AvgIpc) is 3.24. The first-order valence-corrected chi connectivity index (χ1v) is 10.2. The number of hydrogen-bond donors (Lipinski definition) is 2. The molecular weight excluding hydrogens is 424 g/mol. The van der Waals surface area contributed by atoms with Gasteiger partial charge in [-0.2, -0.15) is 13.2 Å². The van der Waals surface area contributed by atoms with Gasteiger partial charge in [0.15, 0.2) is 5.65 Å². The van der Waals surface area contributed by atoms with Crippen LogP contribution in [-0.2, 0) is 0 Å². The minimum absolute atomic E-state index is 0.272. The normalized spacial score (nSPS) is 17.9. The highest BCUT2D eigenvalue weighted by Crippen LogP contribution is 2.29. The number of amides is 1. The van der Waals surface area contributed by atoms with E-state index in [0.717, 1.165) is 11.1 Å². The molecule has 0 bridgehead atoms. The lowest BCUT2D eigenvalue weighted by Gasteiger charge is -2.12. The molecule has 3 aromatic rings. The lowest BCUT2D eigenvalue weighted by Crippen LogP contribution is -2.27. The Bertz CT molecular complexity index is 1180. The molecule has 2 N–H and O–H groups in total. The van der Waals surface area contributed by atoms with Gasteiger partial charge >= 0.3 is 6.18 Å². The first-order chi connectivity index (χ1) is 15.2. The van der Waals surface area contributed by atoms with Crippen molar-refractivity contribution in [2.45, 2.75) is 38.2 Å². The van der Waals surface area contributed by atoms with Crippen molar-refractivity contribution in [2.75, 3.05) is 11.9 Å². The fraction of sp³-hybridized carbons (Fsp3) is 0.304. The molecule has 1 amide bonds. The van der Waals surface area contributed by atoms with Crippen molar-refractivity contribution in [3.63, 3.8) is 0 Å². The highest BCUT2D eigenvalue weighted by Gasteiger charge is 2.38. The van der Waals surface area contributed by atoms with E-state index >= 15 is 0 Å². The second-order valence-electron chi connectivity index (χ2n) is 7.88. The summed E-state index contributed by atoms with van der Waals surface area (Å²) < 4.78 is 52.5. The number of fused-ring (bicyclic) bond motifs is 1. The van der Waals surface area contributed by atoms with E-state index in [1.165, 1.54) is 0 Å². The Morgan fingerprint density at radius 1 is 1.34 bits per heavy atom. The summed E-state index contributed by atoms with van der Waals surface area (Å²) in [5.74, 6) is -0.317. The lowest BCUT2D eigenvalue weighted by atomic mass is 10.0. The maximum atomic E-state index is 13.1. The lowest BCUT2D eigenvalue weighted by molar-refractivity contribution is -0.131. The number of anilines is 1. The zero-order valence-electron chi connectivity index (χ0n) is 17.3. The number of hydrogen-bond acceptors (Lipinski definition) is 3. The molecular formula is C23H22F4N4O. The van der Waals surface area contributed by atoms with Crippen LogP contribution in [0, 0.1) is 6.92 Å². The minimum Gasteiger partial charge on any atom is -0.382 e. The molecule has 0 spiro atoms. The molecule has 4 rings (SSSR count). The highest BCUT2D eigenvalue weighted by molar-refractivity contribution is 5.96. The number of benzene rings is 1. The fourth-order valence-electron chi connectivity index (χ4n) is 3.54. The van der Waals surface area contributed by atoms with Crippen molar-refractivity contribution < 1.29 is 22.4 Å². The predicted octanol–water partition coefficient (Wildman–Crippen LogP) is 5.16. The van der Waals surface area contributed by atoms with E-state index in [1.54, 1.807) is 48.0 Å². The van der Waals surface area contributed by atoms with Crippen LogP contribution in [0.2, 0.25) is 0 Å². The third-order valence-corrected chi connectivity index (χ3v) is 5.38. The van der Waals surface area contributed by atoms with Crippen molar-refractivity contribution in [3.05, 3.63) is 59.9 Å². The molecule has 0 aliphatic heterocycles.